The van der Waals surface area contributed by atoms with E-state index in [-0.39, 0.29) is 38.0 Å². The average Bonchev–Trinajstić information content (AvgIpc) is 3.92. The molecule has 0 aliphatic carbocycles. The molecule has 7 rings (SSSR count). The number of imidazole rings is 2. The molecular weight excluding hydrogens is 870 g/mol. The molecular formula is C47H44Cl4N6O5. The summed E-state index contributed by atoms with van der Waals surface area (Å²) in [5.41, 5.74) is 5.34. The van der Waals surface area contributed by atoms with Crippen LogP contribution in [0, 0.1) is 0 Å². The van der Waals surface area contributed by atoms with Gasteiger partial charge in [-0.3, -0.25) is 9.59 Å². The number of carbonyl (C=O) groups is 2. The fraction of sp³-hybridized carbons (Fsp3) is 0.191. The van der Waals surface area contributed by atoms with Crippen molar-refractivity contribution in [1.29, 1.82) is 0 Å². The van der Waals surface area contributed by atoms with E-state index in [1.807, 2.05) is 107 Å². The van der Waals surface area contributed by atoms with Crippen LogP contribution in [0.2, 0.25) is 20.1 Å². The zero-order valence-electron chi connectivity index (χ0n) is 33.8. The molecule has 11 nitrogen and oxygen atoms in total. The third-order valence-corrected chi connectivity index (χ3v) is 10.6. The maximum absolute atomic E-state index is 12.4. The highest BCUT2D eigenvalue weighted by Crippen LogP contribution is 2.35. The first kappa shape index (κ1) is 45.7. The van der Waals surface area contributed by atoms with E-state index in [2.05, 4.69) is 20.6 Å². The van der Waals surface area contributed by atoms with E-state index in [1.54, 1.807) is 48.8 Å². The van der Waals surface area contributed by atoms with Crippen molar-refractivity contribution >= 4 is 81.1 Å². The summed E-state index contributed by atoms with van der Waals surface area (Å²) in [7, 11) is 1.91. The maximum atomic E-state index is 12.4. The first-order chi connectivity index (χ1) is 30.2. The molecule has 0 spiro atoms. The van der Waals surface area contributed by atoms with Crippen LogP contribution in [-0.2, 0) is 56.7 Å². The zero-order chi connectivity index (χ0) is 43.7. The van der Waals surface area contributed by atoms with E-state index in [1.165, 1.54) is 0 Å². The lowest BCUT2D eigenvalue weighted by Gasteiger charge is -2.14. The van der Waals surface area contributed by atoms with E-state index >= 15 is 0 Å². The molecule has 320 valence electrons. The van der Waals surface area contributed by atoms with Crippen LogP contribution in [0.3, 0.4) is 0 Å². The van der Waals surface area contributed by atoms with E-state index in [0.717, 1.165) is 39.7 Å². The molecule has 0 aliphatic rings. The van der Waals surface area contributed by atoms with Crippen LogP contribution in [0.5, 0.6) is 0 Å². The molecule has 0 fully saturated rings. The molecule has 0 saturated heterocycles. The topological polar surface area (TPSA) is 122 Å². The first-order valence-electron chi connectivity index (χ1n) is 19.7. The van der Waals surface area contributed by atoms with Crippen molar-refractivity contribution in [3.63, 3.8) is 0 Å². The summed E-state index contributed by atoms with van der Waals surface area (Å²) >= 11 is 25.0. The highest BCUT2D eigenvalue weighted by atomic mass is 35.5. The predicted octanol–water partition coefficient (Wildman–Crippen LogP) is 11.2. The van der Waals surface area contributed by atoms with Crippen LogP contribution in [0.4, 0.5) is 22.7 Å². The minimum Gasteiger partial charge on any atom is -0.465 e. The number of halogens is 4. The standard InChI is InChI=1S/C27H25Cl2N3O3.C20H19Cl2N3O2/c28-22-10-6-11-23(29)26(22)31-24-12-5-4-9-21(24)19-25(33)35-18-17-34-16-15-32-14-13-30-27(32)20-7-2-1-3-8-20;1-25-11-10-23-18(25)9-12-27-19(26)13-14-5-2-3-8-17(14)24-20-15(21)6-4-7-16(20)22/h1-14,31H,15-19H2;2-8,10-11,24H,9,12-13H2,1H3. The van der Waals surface area contributed by atoms with Gasteiger partial charge in [0.25, 0.3) is 0 Å². The number of hydrogen-bond donors (Lipinski definition) is 2. The lowest BCUT2D eigenvalue weighted by atomic mass is 10.1. The van der Waals surface area contributed by atoms with E-state index in [0.29, 0.717) is 57.6 Å². The number of benzene rings is 5. The van der Waals surface area contributed by atoms with Crippen molar-refractivity contribution in [3.05, 3.63) is 177 Å². The number of hydrogen-bond acceptors (Lipinski definition) is 9. The summed E-state index contributed by atoms with van der Waals surface area (Å²) in [6, 6.07) is 35.5. The summed E-state index contributed by atoms with van der Waals surface area (Å²) < 4.78 is 20.3. The van der Waals surface area contributed by atoms with Crippen molar-refractivity contribution in [3.8, 4) is 11.4 Å². The number of para-hydroxylation sites is 4. The Morgan fingerprint density at radius 1 is 0.581 bits per heavy atom. The van der Waals surface area contributed by atoms with Crippen molar-refractivity contribution in [2.75, 3.05) is 37.1 Å². The van der Waals surface area contributed by atoms with Crippen LogP contribution >= 0.6 is 46.4 Å². The number of anilines is 4. The number of nitrogens with one attached hydrogen (secondary N) is 2. The van der Waals surface area contributed by atoms with Crippen molar-refractivity contribution in [2.45, 2.75) is 25.8 Å². The fourth-order valence-electron chi connectivity index (χ4n) is 6.22. The molecule has 2 aromatic heterocycles. The molecule has 0 aliphatic heterocycles. The van der Waals surface area contributed by atoms with Crippen LogP contribution in [0.1, 0.15) is 17.0 Å². The summed E-state index contributed by atoms with van der Waals surface area (Å²) in [6.07, 6.45) is 8.11. The molecule has 62 heavy (non-hydrogen) atoms. The Labute approximate surface area is 380 Å². The molecule has 0 saturated carbocycles. The number of aryl methyl sites for hydroxylation is 1. The SMILES string of the molecule is Cn1ccnc1CCOC(=O)Cc1ccccc1Nc1c(Cl)cccc1Cl.O=C(Cc1ccccc1Nc1c(Cl)cccc1Cl)OCCOCCn1ccnc1-c1ccccc1. The van der Waals surface area contributed by atoms with Gasteiger partial charge in [-0.2, -0.15) is 0 Å². The van der Waals surface area contributed by atoms with Gasteiger partial charge in [-0.05, 0) is 47.5 Å². The lowest BCUT2D eigenvalue weighted by molar-refractivity contribution is -0.144. The number of carbonyl (C=O) groups excluding carboxylic acids is 2. The smallest absolute Gasteiger partial charge is 0.310 e. The maximum Gasteiger partial charge on any atom is 0.310 e. The third kappa shape index (κ3) is 13.3. The summed E-state index contributed by atoms with van der Waals surface area (Å²) in [4.78, 5) is 33.3. The first-order valence-corrected chi connectivity index (χ1v) is 21.2. The van der Waals surface area contributed by atoms with Gasteiger partial charge in [0.2, 0.25) is 0 Å². The Kier molecular flexibility index (Phi) is 17.3. The normalized spacial score (nSPS) is 10.7. The van der Waals surface area contributed by atoms with Gasteiger partial charge in [0, 0.05) is 61.7 Å². The van der Waals surface area contributed by atoms with Gasteiger partial charge in [0.05, 0.1) is 64.1 Å². The van der Waals surface area contributed by atoms with Gasteiger partial charge in [0.15, 0.2) is 0 Å². The molecule has 0 bridgehead atoms. The molecule has 0 atom stereocenters. The minimum absolute atomic E-state index is 0.112. The Balaban J connectivity index is 0.000000214. The van der Waals surface area contributed by atoms with Crippen LogP contribution in [0.25, 0.3) is 11.4 Å². The number of nitrogens with zero attached hydrogens (tertiary/aromatic N) is 4. The second-order valence-corrected chi connectivity index (χ2v) is 15.3. The van der Waals surface area contributed by atoms with Crippen LogP contribution in [-0.4, -0.2) is 57.5 Å². The molecule has 0 unspecified atom stereocenters. The number of esters is 2. The second kappa shape index (κ2) is 23.4. The molecule has 0 radical (unpaired) electrons. The van der Waals surface area contributed by atoms with Gasteiger partial charge in [-0.15, -0.1) is 0 Å². The van der Waals surface area contributed by atoms with Crippen molar-refractivity contribution in [2.24, 2.45) is 7.05 Å². The summed E-state index contributed by atoms with van der Waals surface area (Å²) in [5.74, 6) is 1.13. The number of ether oxygens (including phenoxy) is 3. The third-order valence-electron chi connectivity index (χ3n) is 9.37. The monoisotopic (exact) mass is 912 g/mol. The van der Waals surface area contributed by atoms with E-state index in [4.69, 9.17) is 60.6 Å². The zero-order valence-corrected chi connectivity index (χ0v) is 36.8. The van der Waals surface area contributed by atoms with Gasteiger partial charge in [-0.1, -0.05) is 125 Å². The van der Waals surface area contributed by atoms with Crippen molar-refractivity contribution in [1.82, 2.24) is 19.1 Å². The highest BCUT2D eigenvalue weighted by Gasteiger charge is 2.14. The lowest BCUT2D eigenvalue weighted by Crippen LogP contribution is -2.15. The second-order valence-electron chi connectivity index (χ2n) is 13.7. The Morgan fingerprint density at radius 3 is 1.65 bits per heavy atom. The Bertz CT molecular complexity index is 2510. The van der Waals surface area contributed by atoms with Crippen molar-refractivity contribution < 1.29 is 23.8 Å². The predicted molar refractivity (Wildman–Crippen MR) is 247 cm³/mol. The number of rotatable bonds is 18. The Hall–Kier alpha value is -5.82. The fourth-order valence-corrected chi connectivity index (χ4v) is 7.20. The van der Waals surface area contributed by atoms with Gasteiger partial charge in [-0.25, -0.2) is 9.97 Å². The highest BCUT2D eigenvalue weighted by molar-refractivity contribution is 6.40. The quantitative estimate of drug-likeness (QED) is 0.0640. The molecule has 15 heteroatoms. The molecule has 7 aromatic rings. The van der Waals surface area contributed by atoms with Gasteiger partial charge >= 0.3 is 11.9 Å². The molecule has 0 amide bonds. The Morgan fingerprint density at radius 2 is 1.10 bits per heavy atom. The largest absolute Gasteiger partial charge is 0.465 e. The van der Waals surface area contributed by atoms with Gasteiger partial charge in [0.1, 0.15) is 18.3 Å². The summed E-state index contributed by atoms with van der Waals surface area (Å²) in [6.45, 7) is 1.92. The van der Waals surface area contributed by atoms with Crippen LogP contribution in [0.15, 0.2) is 140 Å². The minimum atomic E-state index is -0.339. The molecule has 2 N–H and O–H groups in total. The van der Waals surface area contributed by atoms with Gasteiger partial charge < -0.3 is 34.0 Å². The summed E-state index contributed by atoms with van der Waals surface area (Å²) in [5, 5.41) is 8.46. The van der Waals surface area contributed by atoms with E-state index in [9.17, 15) is 9.59 Å². The van der Waals surface area contributed by atoms with E-state index < -0.39 is 0 Å². The average molecular weight is 915 g/mol. The molecule has 5 aromatic carbocycles. The molecule has 2 heterocycles. The number of aromatic nitrogens is 4. The van der Waals surface area contributed by atoms with Crippen LogP contribution < -0.4 is 10.6 Å².